The van der Waals surface area contributed by atoms with E-state index in [0.29, 0.717) is 29.4 Å². The van der Waals surface area contributed by atoms with Gasteiger partial charge in [-0.05, 0) is 88.1 Å². The van der Waals surface area contributed by atoms with Crippen LogP contribution in [0.4, 0.5) is 0 Å². The minimum absolute atomic E-state index is 0. The van der Waals surface area contributed by atoms with E-state index in [2.05, 4.69) is 0 Å². The van der Waals surface area contributed by atoms with Crippen molar-refractivity contribution in [2.75, 3.05) is 31.3 Å². The van der Waals surface area contributed by atoms with Crippen LogP contribution in [0.2, 0.25) is 0 Å². The van der Waals surface area contributed by atoms with E-state index in [1.807, 2.05) is 57.8 Å². The quantitative estimate of drug-likeness (QED) is 0.110. The van der Waals surface area contributed by atoms with Gasteiger partial charge in [-0.1, -0.05) is 27.7 Å². The third-order valence-corrected chi connectivity index (χ3v) is 6.20. The molecule has 0 aliphatic heterocycles. The average Bonchev–Trinajstić information content (AvgIpc) is 3.56. The van der Waals surface area contributed by atoms with Gasteiger partial charge in [0.05, 0.1) is 6.61 Å². The summed E-state index contributed by atoms with van der Waals surface area (Å²) in [5.74, 6) is 2.25. The summed E-state index contributed by atoms with van der Waals surface area (Å²) in [4.78, 5) is 23.7. The molecule has 0 bridgehead atoms. The molecule has 0 aromatic heterocycles. The van der Waals surface area contributed by atoms with E-state index in [-0.39, 0.29) is 36.1 Å². The first-order chi connectivity index (χ1) is 15.7. The Bertz CT molecular complexity index is 679. The van der Waals surface area contributed by atoms with Crippen LogP contribution < -0.4 is 4.74 Å². The minimum atomic E-state index is -0.444. The Labute approximate surface area is 216 Å². The Morgan fingerprint density at radius 3 is 2.09 bits per heavy atom. The number of aliphatic hydroxyl groups is 1. The number of aliphatic hydroxyl groups excluding tert-OH is 1. The van der Waals surface area contributed by atoms with Gasteiger partial charge in [-0.2, -0.15) is 0 Å². The summed E-state index contributed by atoms with van der Waals surface area (Å²) in [5.41, 5.74) is 0.546. The van der Waals surface area contributed by atoms with Crippen molar-refractivity contribution in [1.29, 1.82) is 0 Å². The fourth-order valence-corrected chi connectivity index (χ4v) is 3.93. The zero-order chi connectivity index (χ0) is 22.9. The normalized spacial score (nSPS) is 15.5. The van der Waals surface area contributed by atoms with Crippen LogP contribution in [-0.2, 0) is 26.6 Å². The first-order valence-corrected chi connectivity index (χ1v) is 12.5. The molecule has 8 heteroatoms. The number of hydrogen-bond acceptors (Lipinski definition) is 7. The van der Waals surface area contributed by atoms with Crippen LogP contribution in [0.1, 0.15) is 10.4 Å². The zero-order valence-electron chi connectivity index (χ0n) is 17.9. The molecule has 2 fully saturated rings. The van der Waals surface area contributed by atoms with Crippen molar-refractivity contribution < 1.29 is 41.2 Å². The number of hydrogen-bond donors (Lipinski definition) is 1. The maximum absolute atomic E-state index is 12.1. The summed E-state index contributed by atoms with van der Waals surface area (Å²) in [6, 6.07) is 6.62. The van der Waals surface area contributed by atoms with Gasteiger partial charge in [0.15, 0.2) is 12.4 Å². The molecular weight excluding hydrogens is 500 g/mol. The molecule has 0 spiro atoms. The second-order valence-corrected chi connectivity index (χ2v) is 8.98. The van der Waals surface area contributed by atoms with E-state index >= 15 is 0 Å². The van der Waals surface area contributed by atoms with Gasteiger partial charge in [0.1, 0.15) is 12.4 Å². The molecule has 0 heterocycles. The molecule has 0 unspecified atom stereocenters. The molecule has 3 rings (SSSR count). The van der Waals surface area contributed by atoms with Crippen LogP contribution in [0.25, 0.3) is 0 Å². The average molecular weight is 526 g/mol. The fraction of sp³-hybridized carbons (Fsp3) is 0.200. The number of ketones is 1. The van der Waals surface area contributed by atoms with Crippen LogP contribution in [0, 0.1) is 63.7 Å². The topological polar surface area (TPSA) is 72.8 Å². The molecule has 2 aliphatic rings. The van der Waals surface area contributed by atoms with Crippen molar-refractivity contribution in [3.05, 3.63) is 106 Å². The fourth-order valence-electron chi connectivity index (χ4n) is 2.33. The molecular formula is C25H26FeO5S2+2. The number of carbonyl (C=O) groups is 2. The van der Waals surface area contributed by atoms with Crippen LogP contribution in [0.3, 0.4) is 0 Å². The number of esters is 1. The molecule has 0 amide bonds. The van der Waals surface area contributed by atoms with Gasteiger partial charge in [-0.25, -0.2) is 4.79 Å². The van der Waals surface area contributed by atoms with Crippen molar-refractivity contribution in [2.45, 2.75) is 0 Å². The Hall–Kier alpha value is -0.921. The largest absolute Gasteiger partial charge is 2.00 e. The first kappa shape index (κ1) is 30.1. The zero-order valence-corrected chi connectivity index (χ0v) is 20.7. The number of carbonyl (C=O) groups excluding carboxylic acids is 2. The van der Waals surface area contributed by atoms with Gasteiger partial charge >= 0.3 is 23.0 Å². The summed E-state index contributed by atoms with van der Waals surface area (Å²) < 4.78 is 10.4. The van der Waals surface area contributed by atoms with Crippen LogP contribution in [-0.4, -0.2) is 48.2 Å². The van der Waals surface area contributed by atoms with Crippen molar-refractivity contribution in [3.8, 4) is 5.75 Å². The van der Waals surface area contributed by atoms with E-state index in [1.54, 1.807) is 41.1 Å². The van der Waals surface area contributed by atoms with Crippen LogP contribution >= 0.6 is 21.6 Å². The predicted octanol–water partition coefficient (Wildman–Crippen LogP) is 4.15. The Morgan fingerprint density at radius 1 is 0.879 bits per heavy atom. The molecule has 33 heavy (non-hydrogen) atoms. The van der Waals surface area contributed by atoms with Crippen LogP contribution in [0.5, 0.6) is 5.75 Å². The molecule has 0 atom stereocenters. The van der Waals surface area contributed by atoms with Crippen molar-refractivity contribution in [3.63, 3.8) is 0 Å². The number of rotatable bonds is 12. The van der Waals surface area contributed by atoms with Crippen molar-refractivity contribution in [2.24, 2.45) is 0 Å². The second-order valence-electron chi connectivity index (χ2n) is 6.28. The molecule has 1 aromatic rings. The molecule has 1 aromatic carbocycles. The Balaban J connectivity index is 0.000000799. The molecule has 5 nitrogen and oxygen atoms in total. The first-order valence-electron chi connectivity index (χ1n) is 10.0. The summed E-state index contributed by atoms with van der Waals surface area (Å²) in [6.45, 7) is 0.257. The smallest absolute Gasteiger partial charge is 0.482 e. The number of allylic oxidation sites excluding steroid dienone is 2. The third-order valence-electron chi connectivity index (χ3n) is 3.85. The monoisotopic (exact) mass is 526 g/mol. The molecule has 1 N–H and O–H groups in total. The van der Waals surface area contributed by atoms with E-state index in [1.165, 1.54) is 16.9 Å². The van der Waals surface area contributed by atoms with Gasteiger partial charge in [-0.3, -0.25) is 4.79 Å². The Kier molecular flexibility index (Phi) is 17.7. The SMILES string of the molecule is O=C(COc1ccc(C(=O)/C=C/[C]2[CH][CH][CH][CH]2)cc1)OCCSSCCO.[CH]1[CH][CH][CH][CH]1.[Fe+2]. The van der Waals surface area contributed by atoms with E-state index in [9.17, 15) is 9.59 Å². The molecule has 2 saturated carbocycles. The number of ether oxygens (including phenoxy) is 2. The number of benzene rings is 1. The molecule has 2 aliphatic carbocycles. The van der Waals surface area contributed by atoms with Crippen molar-refractivity contribution in [1.82, 2.24) is 0 Å². The van der Waals surface area contributed by atoms with E-state index in [0.717, 1.165) is 5.92 Å². The summed E-state index contributed by atoms with van der Waals surface area (Å²) in [7, 11) is 3.08. The minimum Gasteiger partial charge on any atom is -0.482 e. The third kappa shape index (κ3) is 14.2. The van der Waals surface area contributed by atoms with Crippen molar-refractivity contribution >= 4 is 33.3 Å². The molecule has 0 saturated heterocycles. The molecule has 10 radical (unpaired) electrons. The Morgan fingerprint density at radius 2 is 1.48 bits per heavy atom. The van der Waals surface area contributed by atoms with Gasteiger partial charge < -0.3 is 14.6 Å². The van der Waals surface area contributed by atoms with Crippen LogP contribution in [0.15, 0.2) is 36.4 Å². The van der Waals surface area contributed by atoms with E-state index < -0.39 is 5.97 Å². The van der Waals surface area contributed by atoms with Gasteiger partial charge in [0, 0.05) is 23.0 Å². The molecule has 174 valence electrons. The summed E-state index contributed by atoms with van der Waals surface area (Å²) >= 11 is 0. The van der Waals surface area contributed by atoms with Gasteiger partial charge in [0.25, 0.3) is 0 Å². The standard InChI is InChI=1S/C20H21O5S2.C5H5.Fe/c21-11-13-26-27-14-12-24-20(23)15-25-18-8-6-17(7-9-18)19(22)10-5-16-3-1-2-4-16;1-2-4-5-3-1;/h1-10,21H,11-15H2;1-5H;/q;;+2/b10-5+;;. The second kappa shape index (κ2) is 19.4. The summed E-state index contributed by atoms with van der Waals surface area (Å²) in [6.07, 6.45) is 21.0. The maximum Gasteiger partial charge on any atom is 2.00 e. The predicted molar refractivity (Wildman–Crippen MR) is 130 cm³/mol. The van der Waals surface area contributed by atoms with Gasteiger partial charge in [-0.15, -0.1) is 0 Å². The summed E-state index contributed by atoms with van der Waals surface area (Å²) in [5, 5.41) is 8.64. The van der Waals surface area contributed by atoms with E-state index in [4.69, 9.17) is 14.6 Å². The van der Waals surface area contributed by atoms with Gasteiger partial charge in [0.2, 0.25) is 0 Å². The maximum atomic E-state index is 12.1.